The smallest absolute Gasteiger partial charge is 0.411 e. The monoisotopic (exact) mass is 547 g/mol. The Hall–Kier alpha value is -3.32. The van der Waals surface area contributed by atoms with Gasteiger partial charge in [0.15, 0.2) is 0 Å². The molecule has 1 aliphatic heterocycles. The number of aliphatic hydroxyl groups excluding tert-OH is 1. The van der Waals surface area contributed by atoms with Crippen LogP contribution in [0.4, 0.5) is 31.1 Å². The number of aromatic nitrogens is 1. The van der Waals surface area contributed by atoms with Gasteiger partial charge >= 0.3 is 18.4 Å². The molecule has 1 aromatic heterocycles. The maximum absolute atomic E-state index is 14.7. The van der Waals surface area contributed by atoms with Crippen molar-refractivity contribution in [2.75, 3.05) is 20.3 Å². The molecule has 0 radical (unpaired) electrons. The van der Waals surface area contributed by atoms with Crippen molar-refractivity contribution in [3.05, 3.63) is 65.0 Å². The van der Waals surface area contributed by atoms with Crippen molar-refractivity contribution in [3.8, 4) is 5.75 Å². The second kappa shape index (κ2) is 11.6. The lowest BCUT2D eigenvalue weighted by atomic mass is 9.77. The van der Waals surface area contributed by atoms with Crippen LogP contribution in [-0.2, 0) is 10.3 Å². The van der Waals surface area contributed by atoms with Crippen LogP contribution in [0.1, 0.15) is 36.1 Å². The van der Waals surface area contributed by atoms with E-state index >= 15 is 0 Å². The van der Waals surface area contributed by atoms with Gasteiger partial charge in [0.2, 0.25) is 0 Å². The van der Waals surface area contributed by atoms with Crippen LogP contribution in [0.15, 0.2) is 48.2 Å². The molecule has 38 heavy (non-hydrogen) atoms. The van der Waals surface area contributed by atoms with Crippen molar-refractivity contribution in [3.63, 3.8) is 0 Å². The highest BCUT2D eigenvalue weighted by molar-refractivity contribution is 5.73. The van der Waals surface area contributed by atoms with Crippen LogP contribution in [0, 0.1) is 6.92 Å². The number of alkyl halides is 6. The van der Waals surface area contributed by atoms with Gasteiger partial charge in [-0.15, -0.1) is 0 Å². The van der Waals surface area contributed by atoms with Gasteiger partial charge in [-0.2, -0.15) is 26.3 Å². The molecule has 0 aliphatic carbocycles. The highest BCUT2D eigenvalue weighted by Gasteiger charge is 2.59. The second-order valence-corrected chi connectivity index (χ2v) is 8.79. The molecule has 13 heteroatoms. The lowest BCUT2D eigenvalue weighted by Gasteiger charge is -2.44. The molecule has 1 aromatic carbocycles. The van der Waals surface area contributed by atoms with Crippen molar-refractivity contribution in [2.45, 2.75) is 50.3 Å². The Morgan fingerprint density at radius 1 is 1.16 bits per heavy atom. The van der Waals surface area contributed by atoms with E-state index in [1.807, 2.05) is 0 Å². The number of nitrogens with zero attached hydrogens (tertiary/aromatic N) is 1. The Bertz CT molecular complexity index is 1130. The maximum Gasteiger partial charge on any atom is 0.411 e. The second-order valence-electron chi connectivity index (χ2n) is 8.79. The zero-order valence-corrected chi connectivity index (χ0v) is 20.5. The van der Waals surface area contributed by atoms with E-state index in [9.17, 15) is 36.2 Å². The van der Waals surface area contributed by atoms with E-state index < -0.39 is 43.1 Å². The molecule has 0 fully saturated rings. The Labute approximate surface area is 214 Å². The molecule has 0 saturated heterocycles. The van der Waals surface area contributed by atoms with Crippen LogP contribution < -0.4 is 15.4 Å². The van der Waals surface area contributed by atoms with E-state index in [1.54, 1.807) is 13.0 Å². The fourth-order valence-corrected chi connectivity index (χ4v) is 4.09. The molecule has 2 aromatic rings. The van der Waals surface area contributed by atoms with E-state index in [-0.39, 0.29) is 47.7 Å². The fourth-order valence-electron chi connectivity index (χ4n) is 4.09. The number of alkyl carbamates (subject to hydrolysis) is 1. The Kier molecular flexibility index (Phi) is 8.93. The zero-order valence-electron chi connectivity index (χ0n) is 20.5. The molecule has 3 rings (SSSR count). The van der Waals surface area contributed by atoms with Gasteiger partial charge in [-0.25, -0.2) is 4.79 Å². The summed E-state index contributed by atoms with van der Waals surface area (Å²) in [4.78, 5) is 15.9. The molecule has 3 N–H and O–H groups in total. The molecule has 0 saturated carbocycles. The van der Waals surface area contributed by atoms with Crippen LogP contribution in [0.3, 0.4) is 0 Å². The van der Waals surface area contributed by atoms with Crippen molar-refractivity contribution in [1.29, 1.82) is 0 Å². The van der Waals surface area contributed by atoms with Crippen LogP contribution in [-0.4, -0.2) is 55.0 Å². The zero-order chi connectivity index (χ0) is 28.1. The van der Waals surface area contributed by atoms with Crippen LogP contribution >= 0.6 is 0 Å². The van der Waals surface area contributed by atoms with E-state index in [4.69, 9.17) is 4.74 Å². The van der Waals surface area contributed by atoms with Crippen molar-refractivity contribution < 1.29 is 45.7 Å². The summed E-state index contributed by atoms with van der Waals surface area (Å²) in [7, 11) is 1.13. The van der Waals surface area contributed by atoms with Gasteiger partial charge in [-0.1, -0.05) is 18.2 Å². The first-order chi connectivity index (χ1) is 17.8. The fraction of sp³-hybridized carbons (Fsp3) is 0.440. The Morgan fingerprint density at radius 2 is 1.84 bits per heavy atom. The van der Waals surface area contributed by atoms with E-state index in [1.165, 1.54) is 24.4 Å². The number of methoxy groups -OCH3 is 1. The first-order valence-corrected chi connectivity index (χ1v) is 11.5. The summed E-state index contributed by atoms with van der Waals surface area (Å²) in [5.41, 5.74) is -1.88. The third kappa shape index (κ3) is 6.95. The SMILES string of the molecule is COC(=O)NCC1=C(c2ccc(C)cn2)C[C@](c2ccc(OCCCC(F)(F)F)cc2)(C(F)(F)F)NC1O. The normalized spacial score (nSPS) is 20.3. The number of hydrogen-bond acceptors (Lipinski definition) is 6. The predicted octanol–water partition coefficient (Wildman–Crippen LogP) is 4.99. The minimum absolute atomic E-state index is 0.0799. The molecule has 1 unspecified atom stereocenters. The number of aryl methyl sites for hydroxylation is 1. The number of carbonyl (C=O) groups is 1. The van der Waals surface area contributed by atoms with Gasteiger partial charge in [0.05, 0.1) is 19.4 Å². The summed E-state index contributed by atoms with van der Waals surface area (Å²) in [6.07, 6.45) is -12.4. The predicted molar refractivity (Wildman–Crippen MR) is 125 cm³/mol. The van der Waals surface area contributed by atoms with Crippen LogP contribution in [0.5, 0.6) is 5.75 Å². The maximum atomic E-state index is 14.7. The average Bonchev–Trinajstić information content (AvgIpc) is 2.85. The van der Waals surface area contributed by atoms with Gasteiger partial charge in [0.25, 0.3) is 0 Å². The highest BCUT2D eigenvalue weighted by Crippen LogP contribution is 2.49. The number of aliphatic hydroxyl groups is 1. The number of hydrogen-bond donors (Lipinski definition) is 3. The van der Waals surface area contributed by atoms with E-state index in [2.05, 4.69) is 20.4 Å². The topological polar surface area (TPSA) is 92.7 Å². The third-order valence-corrected chi connectivity index (χ3v) is 6.08. The molecule has 2 atom stereocenters. The van der Waals surface area contributed by atoms with Crippen LogP contribution in [0.2, 0.25) is 0 Å². The summed E-state index contributed by atoms with van der Waals surface area (Å²) in [5.74, 6) is 0.101. The first kappa shape index (κ1) is 29.2. The van der Waals surface area contributed by atoms with Gasteiger partial charge in [-0.3, -0.25) is 10.3 Å². The van der Waals surface area contributed by atoms with E-state index in [0.717, 1.165) is 24.8 Å². The van der Waals surface area contributed by atoms with E-state index in [0.29, 0.717) is 0 Å². The van der Waals surface area contributed by atoms with Crippen molar-refractivity contribution >= 4 is 11.7 Å². The largest absolute Gasteiger partial charge is 0.494 e. The summed E-state index contributed by atoms with van der Waals surface area (Å²) < 4.78 is 90.9. The third-order valence-electron chi connectivity index (χ3n) is 6.08. The van der Waals surface area contributed by atoms with Gasteiger partial charge in [0.1, 0.15) is 17.5 Å². The lowest BCUT2D eigenvalue weighted by molar-refractivity contribution is -0.209. The van der Waals surface area contributed by atoms with Crippen molar-refractivity contribution in [1.82, 2.24) is 15.6 Å². The number of benzene rings is 1. The summed E-state index contributed by atoms with van der Waals surface area (Å²) in [5, 5.41) is 15.5. The van der Waals surface area contributed by atoms with Gasteiger partial charge in [0, 0.05) is 25.6 Å². The quantitative estimate of drug-likeness (QED) is 0.319. The molecular weight excluding hydrogens is 520 g/mol. The lowest BCUT2D eigenvalue weighted by Crippen LogP contribution is -2.61. The highest BCUT2D eigenvalue weighted by atomic mass is 19.4. The number of carbonyl (C=O) groups excluding carboxylic acids is 1. The number of pyridine rings is 1. The van der Waals surface area contributed by atoms with Crippen LogP contribution in [0.25, 0.3) is 5.57 Å². The molecule has 208 valence electrons. The minimum Gasteiger partial charge on any atom is -0.494 e. The Balaban J connectivity index is 1.96. The number of halogens is 6. The molecule has 1 amide bonds. The summed E-state index contributed by atoms with van der Waals surface area (Å²) >= 11 is 0. The number of ether oxygens (including phenoxy) is 2. The Morgan fingerprint density at radius 3 is 2.39 bits per heavy atom. The number of amides is 1. The molecule has 1 aliphatic rings. The summed E-state index contributed by atoms with van der Waals surface area (Å²) in [6.45, 7) is 1.20. The molecule has 0 bridgehead atoms. The molecule has 2 heterocycles. The average molecular weight is 547 g/mol. The number of nitrogens with one attached hydrogen (secondary N) is 2. The minimum atomic E-state index is -4.90. The number of rotatable bonds is 8. The standard InChI is InChI=1S/C25H27F6N3O4/c1-15-4-9-20(32-13-15)18-12-23(25(29,30)31,34-21(35)19(18)14-33-22(36)37-2)16-5-7-17(8-6-16)38-11-3-10-24(26,27)28/h4-9,13,21,34-35H,3,10-12,14H2,1-2H3,(H,33,36)/t21?,23-/m0/s1. The molecular formula is C25H27F6N3O4. The first-order valence-electron chi connectivity index (χ1n) is 11.5. The molecule has 7 nitrogen and oxygen atoms in total. The van der Waals surface area contributed by atoms with Gasteiger partial charge in [-0.05, 0) is 53.8 Å². The molecule has 0 spiro atoms. The van der Waals surface area contributed by atoms with Crippen molar-refractivity contribution in [2.24, 2.45) is 0 Å². The van der Waals surface area contributed by atoms with Gasteiger partial charge < -0.3 is 19.9 Å². The summed E-state index contributed by atoms with van der Waals surface area (Å²) in [6, 6.07) is 7.93.